The van der Waals surface area contributed by atoms with Crippen molar-refractivity contribution in [2.24, 2.45) is 0 Å². The van der Waals surface area contributed by atoms with E-state index < -0.39 is 0 Å². The Morgan fingerprint density at radius 3 is 3.23 bits per heavy atom. The SMILES string of the molecule is O=C1CSCc2cc(Br)cnc2N1. The van der Waals surface area contributed by atoms with E-state index in [2.05, 4.69) is 26.2 Å². The van der Waals surface area contributed by atoms with Crippen molar-refractivity contribution in [1.82, 2.24) is 4.98 Å². The van der Waals surface area contributed by atoms with Crippen LogP contribution in [0.5, 0.6) is 0 Å². The van der Waals surface area contributed by atoms with E-state index in [0.29, 0.717) is 11.6 Å². The third-order valence-corrected chi connectivity index (χ3v) is 3.10. The lowest BCUT2D eigenvalue weighted by Crippen LogP contribution is -2.13. The summed E-state index contributed by atoms with van der Waals surface area (Å²) in [6.45, 7) is 0. The molecule has 0 fully saturated rings. The summed E-state index contributed by atoms with van der Waals surface area (Å²) in [5, 5.41) is 2.76. The predicted molar refractivity (Wildman–Crippen MR) is 56.7 cm³/mol. The Bertz CT molecular complexity index is 356. The van der Waals surface area contributed by atoms with Gasteiger partial charge in [-0.15, -0.1) is 11.8 Å². The zero-order valence-electron chi connectivity index (χ0n) is 6.71. The van der Waals surface area contributed by atoms with E-state index in [4.69, 9.17) is 0 Å². The standard InChI is InChI=1S/C8H7BrN2OS/c9-6-1-5-3-13-4-7(12)11-8(5)10-2-6/h1-2H,3-4H2,(H,10,11,12). The molecule has 1 amide bonds. The summed E-state index contributed by atoms with van der Waals surface area (Å²) in [6, 6.07) is 1.99. The van der Waals surface area contributed by atoms with Gasteiger partial charge in [-0.05, 0) is 22.0 Å². The van der Waals surface area contributed by atoms with Gasteiger partial charge in [-0.25, -0.2) is 4.98 Å². The van der Waals surface area contributed by atoms with Crippen molar-refractivity contribution in [1.29, 1.82) is 0 Å². The Hall–Kier alpha value is -0.550. The topological polar surface area (TPSA) is 42.0 Å². The van der Waals surface area contributed by atoms with Gasteiger partial charge in [-0.3, -0.25) is 4.79 Å². The molecule has 1 aliphatic rings. The van der Waals surface area contributed by atoms with Gasteiger partial charge in [0, 0.05) is 22.0 Å². The molecule has 0 saturated carbocycles. The average Bonchev–Trinajstić information content (AvgIpc) is 2.25. The van der Waals surface area contributed by atoms with Crippen LogP contribution in [-0.2, 0) is 10.5 Å². The van der Waals surface area contributed by atoms with Crippen molar-refractivity contribution in [3.63, 3.8) is 0 Å². The number of hydrogen-bond acceptors (Lipinski definition) is 3. The minimum absolute atomic E-state index is 0.0265. The molecule has 68 valence electrons. The van der Waals surface area contributed by atoms with E-state index >= 15 is 0 Å². The molecule has 1 N–H and O–H groups in total. The van der Waals surface area contributed by atoms with E-state index in [1.165, 1.54) is 0 Å². The molecule has 0 saturated heterocycles. The molecule has 0 spiro atoms. The van der Waals surface area contributed by atoms with Gasteiger partial charge in [0.05, 0.1) is 5.75 Å². The highest BCUT2D eigenvalue weighted by Crippen LogP contribution is 2.25. The maximum Gasteiger partial charge on any atom is 0.235 e. The Morgan fingerprint density at radius 2 is 2.38 bits per heavy atom. The largest absolute Gasteiger partial charge is 0.310 e. The molecule has 0 atom stereocenters. The molecule has 0 aromatic carbocycles. The zero-order chi connectivity index (χ0) is 9.26. The minimum atomic E-state index is 0.0265. The van der Waals surface area contributed by atoms with Gasteiger partial charge in [0.2, 0.25) is 5.91 Å². The van der Waals surface area contributed by atoms with E-state index in [1.54, 1.807) is 18.0 Å². The molecule has 0 aliphatic carbocycles. The van der Waals surface area contributed by atoms with Crippen molar-refractivity contribution >= 4 is 39.4 Å². The fourth-order valence-corrected chi connectivity index (χ4v) is 2.30. The number of carbonyl (C=O) groups excluding carboxylic acids is 1. The van der Waals surface area contributed by atoms with Crippen molar-refractivity contribution in [2.45, 2.75) is 5.75 Å². The number of carbonyl (C=O) groups is 1. The number of fused-ring (bicyclic) bond motifs is 1. The number of hydrogen-bond donors (Lipinski definition) is 1. The Morgan fingerprint density at radius 1 is 1.54 bits per heavy atom. The molecule has 5 heteroatoms. The van der Waals surface area contributed by atoms with Crippen LogP contribution in [0.1, 0.15) is 5.56 Å². The fourth-order valence-electron chi connectivity index (χ4n) is 1.13. The first-order valence-corrected chi connectivity index (χ1v) is 5.72. The van der Waals surface area contributed by atoms with Crippen LogP contribution in [0, 0.1) is 0 Å². The molecule has 3 nitrogen and oxygen atoms in total. The summed E-state index contributed by atoms with van der Waals surface area (Å²) in [7, 11) is 0. The molecule has 1 aliphatic heterocycles. The van der Waals surface area contributed by atoms with Crippen LogP contribution in [0.4, 0.5) is 5.82 Å². The monoisotopic (exact) mass is 258 g/mol. The van der Waals surface area contributed by atoms with Crippen LogP contribution in [-0.4, -0.2) is 16.6 Å². The van der Waals surface area contributed by atoms with Gasteiger partial charge in [0.25, 0.3) is 0 Å². The Kier molecular flexibility index (Phi) is 2.55. The van der Waals surface area contributed by atoms with E-state index in [-0.39, 0.29) is 5.91 Å². The number of amides is 1. The Balaban J connectivity index is 2.40. The number of nitrogens with zero attached hydrogens (tertiary/aromatic N) is 1. The first kappa shape index (κ1) is 9.02. The molecule has 0 radical (unpaired) electrons. The van der Waals surface area contributed by atoms with Gasteiger partial charge >= 0.3 is 0 Å². The molecular weight excluding hydrogens is 252 g/mol. The van der Waals surface area contributed by atoms with Crippen molar-refractivity contribution in [3.8, 4) is 0 Å². The summed E-state index contributed by atoms with van der Waals surface area (Å²) in [5.74, 6) is 2.06. The van der Waals surface area contributed by atoms with Gasteiger partial charge < -0.3 is 5.32 Å². The first-order chi connectivity index (χ1) is 6.25. The maximum atomic E-state index is 11.1. The highest BCUT2D eigenvalue weighted by molar-refractivity contribution is 9.10. The highest BCUT2D eigenvalue weighted by Gasteiger charge is 2.13. The Labute approximate surface area is 88.4 Å². The second-order valence-corrected chi connectivity index (χ2v) is 4.60. The molecule has 13 heavy (non-hydrogen) atoms. The summed E-state index contributed by atoms with van der Waals surface area (Å²) in [6.07, 6.45) is 1.69. The second-order valence-electron chi connectivity index (χ2n) is 2.70. The van der Waals surface area contributed by atoms with Crippen LogP contribution in [0.25, 0.3) is 0 Å². The van der Waals surface area contributed by atoms with Gasteiger partial charge in [-0.2, -0.15) is 0 Å². The van der Waals surface area contributed by atoms with Crippen LogP contribution >= 0.6 is 27.7 Å². The van der Waals surface area contributed by atoms with E-state index in [9.17, 15) is 4.79 Å². The first-order valence-electron chi connectivity index (χ1n) is 3.78. The summed E-state index contributed by atoms with van der Waals surface area (Å²) < 4.78 is 0.947. The number of rotatable bonds is 0. The maximum absolute atomic E-state index is 11.1. The molecule has 2 rings (SSSR count). The van der Waals surface area contributed by atoms with Gasteiger partial charge in [0.1, 0.15) is 5.82 Å². The molecular formula is C8H7BrN2OS. The van der Waals surface area contributed by atoms with Gasteiger partial charge in [-0.1, -0.05) is 0 Å². The lowest BCUT2D eigenvalue weighted by Gasteiger charge is -2.03. The zero-order valence-corrected chi connectivity index (χ0v) is 9.11. The van der Waals surface area contributed by atoms with Crippen molar-refractivity contribution < 1.29 is 4.79 Å². The summed E-state index contributed by atoms with van der Waals surface area (Å²) >= 11 is 4.95. The van der Waals surface area contributed by atoms with E-state index in [0.717, 1.165) is 15.8 Å². The summed E-state index contributed by atoms with van der Waals surface area (Å²) in [5.41, 5.74) is 1.07. The minimum Gasteiger partial charge on any atom is -0.310 e. The molecule has 2 heterocycles. The summed E-state index contributed by atoms with van der Waals surface area (Å²) in [4.78, 5) is 15.3. The molecule has 0 bridgehead atoms. The van der Waals surface area contributed by atoms with Crippen LogP contribution in [0.3, 0.4) is 0 Å². The normalized spacial score (nSPS) is 15.9. The second kappa shape index (κ2) is 3.67. The van der Waals surface area contributed by atoms with Crippen LogP contribution in [0.15, 0.2) is 16.7 Å². The number of pyridine rings is 1. The number of nitrogens with one attached hydrogen (secondary N) is 1. The van der Waals surface area contributed by atoms with Crippen LogP contribution < -0.4 is 5.32 Å². The fraction of sp³-hybridized carbons (Fsp3) is 0.250. The molecule has 0 unspecified atom stereocenters. The highest BCUT2D eigenvalue weighted by atomic mass is 79.9. The van der Waals surface area contributed by atoms with Crippen LogP contribution in [0.2, 0.25) is 0 Å². The number of aromatic nitrogens is 1. The van der Waals surface area contributed by atoms with E-state index in [1.807, 2.05) is 6.07 Å². The number of anilines is 1. The molecule has 1 aromatic rings. The lowest BCUT2D eigenvalue weighted by molar-refractivity contribution is -0.113. The smallest absolute Gasteiger partial charge is 0.235 e. The predicted octanol–water partition coefficient (Wildman–Crippen LogP) is 2.03. The third kappa shape index (κ3) is 2.03. The van der Waals surface area contributed by atoms with Crippen molar-refractivity contribution in [3.05, 3.63) is 22.3 Å². The third-order valence-electron chi connectivity index (χ3n) is 1.68. The number of thioether (sulfide) groups is 1. The average molecular weight is 259 g/mol. The number of halogens is 1. The lowest BCUT2D eigenvalue weighted by atomic mass is 10.3. The molecule has 1 aromatic heterocycles. The van der Waals surface area contributed by atoms with Crippen molar-refractivity contribution in [2.75, 3.05) is 11.1 Å². The van der Waals surface area contributed by atoms with Gasteiger partial charge in [0.15, 0.2) is 0 Å². The quantitative estimate of drug-likeness (QED) is 0.775.